The van der Waals surface area contributed by atoms with Gasteiger partial charge in [-0.15, -0.1) is 0 Å². The molecule has 0 saturated carbocycles. The lowest BCUT2D eigenvalue weighted by atomic mass is 9.83. The Kier molecular flexibility index (Phi) is 7.23. The van der Waals surface area contributed by atoms with Crippen molar-refractivity contribution >= 4 is 10.1 Å². The van der Waals surface area contributed by atoms with E-state index in [1.165, 1.54) is 36.5 Å². The van der Waals surface area contributed by atoms with Crippen molar-refractivity contribution in [3.05, 3.63) is 82.8 Å². The van der Waals surface area contributed by atoms with Gasteiger partial charge in [0.05, 0.1) is 20.8 Å². The van der Waals surface area contributed by atoms with E-state index in [-0.39, 0.29) is 16.7 Å². The standard InChI is InChI=1S/C27H31NO6S/c1-6-9-20(7-2)35(29,30)34-27-22-17-28-13-12-19-15-25(32-5)26(33-8-3)16-21(19)23(28)14-18(22)10-11-24(27)31-4/h6-7,9-11,15-16,23H,1-2,8,12-14,17H2,3-5H3/b20-9+. The van der Waals surface area contributed by atoms with Crippen LogP contribution in [0.2, 0.25) is 0 Å². The molecule has 0 radical (unpaired) electrons. The molecule has 7 nitrogen and oxygen atoms in total. The fourth-order valence-corrected chi connectivity index (χ4v) is 5.79. The van der Waals surface area contributed by atoms with Gasteiger partial charge in [-0.3, -0.25) is 4.90 Å². The summed E-state index contributed by atoms with van der Waals surface area (Å²) in [6, 6.07) is 8.04. The highest BCUT2D eigenvalue weighted by Crippen LogP contribution is 2.46. The first-order chi connectivity index (χ1) is 16.9. The summed E-state index contributed by atoms with van der Waals surface area (Å²) in [6.45, 7) is 11.0. The molecule has 0 saturated heterocycles. The van der Waals surface area contributed by atoms with E-state index in [1.54, 1.807) is 13.2 Å². The third-order valence-corrected chi connectivity index (χ3v) is 7.74. The Morgan fingerprint density at radius 1 is 1.11 bits per heavy atom. The van der Waals surface area contributed by atoms with Crippen LogP contribution in [0.3, 0.4) is 0 Å². The molecule has 0 spiro atoms. The first-order valence-corrected chi connectivity index (χ1v) is 12.9. The summed E-state index contributed by atoms with van der Waals surface area (Å²) in [5.74, 6) is 2.06. The number of ether oxygens (including phenoxy) is 3. The van der Waals surface area contributed by atoms with Crippen molar-refractivity contribution in [1.29, 1.82) is 0 Å². The summed E-state index contributed by atoms with van der Waals surface area (Å²) in [5, 5.41) is 0. The second-order valence-corrected chi connectivity index (χ2v) is 9.90. The van der Waals surface area contributed by atoms with Crippen molar-refractivity contribution in [2.24, 2.45) is 0 Å². The van der Waals surface area contributed by atoms with Crippen LogP contribution in [0.25, 0.3) is 0 Å². The minimum atomic E-state index is -4.11. The molecule has 0 amide bonds. The average molecular weight is 498 g/mol. The van der Waals surface area contributed by atoms with E-state index < -0.39 is 10.1 Å². The van der Waals surface area contributed by atoms with Crippen molar-refractivity contribution in [2.75, 3.05) is 27.4 Å². The van der Waals surface area contributed by atoms with Crippen LogP contribution in [-0.4, -0.2) is 40.7 Å². The molecule has 186 valence electrons. The van der Waals surface area contributed by atoms with Gasteiger partial charge in [0.1, 0.15) is 4.91 Å². The van der Waals surface area contributed by atoms with Gasteiger partial charge in [0.15, 0.2) is 23.0 Å². The summed E-state index contributed by atoms with van der Waals surface area (Å²) >= 11 is 0. The van der Waals surface area contributed by atoms with E-state index in [0.717, 1.165) is 35.6 Å². The number of allylic oxidation sites excluding steroid dienone is 3. The zero-order valence-electron chi connectivity index (χ0n) is 20.4. The molecule has 2 aromatic rings. The number of nitrogens with zero attached hydrogens (tertiary/aromatic N) is 1. The third kappa shape index (κ3) is 4.68. The molecule has 0 bridgehead atoms. The molecule has 2 aliphatic rings. The molecule has 4 rings (SSSR count). The van der Waals surface area contributed by atoms with Crippen LogP contribution in [-0.2, 0) is 29.5 Å². The number of rotatable bonds is 9. The van der Waals surface area contributed by atoms with Crippen LogP contribution in [0, 0.1) is 0 Å². The van der Waals surface area contributed by atoms with Gasteiger partial charge in [-0.25, -0.2) is 0 Å². The highest BCUT2D eigenvalue weighted by atomic mass is 32.2. The van der Waals surface area contributed by atoms with Crippen molar-refractivity contribution in [1.82, 2.24) is 4.90 Å². The summed E-state index contributed by atoms with van der Waals surface area (Å²) < 4.78 is 48.5. The Morgan fingerprint density at radius 2 is 1.89 bits per heavy atom. The molecular weight excluding hydrogens is 466 g/mol. The molecule has 1 unspecified atom stereocenters. The third-order valence-electron chi connectivity index (χ3n) is 6.47. The fourth-order valence-electron chi connectivity index (χ4n) is 4.82. The lowest BCUT2D eigenvalue weighted by Gasteiger charge is -2.42. The van der Waals surface area contributed by atoms with Gasteiger partial charge in [-0.2, -0.15) is 8.42 Å². The van der Waals surface area contributed by atoms with E-state index >= 15 is 0 Å². The van der Waals surface area contributed by atoms with Gasteiger partial charge in [0, 0.05) is 24.7 Å². The Balaban J connectivity index is 1.75. The topological polar surface area (TPSA) is 74.3 Å². The number of hydrogen-bond acceptors (Lipinski definition) is 7. The number of benzene rings is 2. The van der Waals surface area contributed by atoms with Crippen LogP contribution >= 0.6 is 0 Å². The maximum Gasteiger partial charge on any atom is 0.339 e. The van der Waals surface area contributed by atoms with Gasteiger partial charge in [0.25, 0.3) is 0 Å². The quantitative estimate of drug-likeness (QED) is 0.367. The van der Waals surface area contributed by atoms with Crippen LogP contribution in [0.15, 0.2) is 60.6 Å². The van der Waals surface area contributed by atoms with Gasteiger partial charge in [-0.05, 0) is 66.8 Å². The Morgan fingerprint density at radius 3 is 2.54 bits per heavy atom. The summed E-state index contributed by atoms with van der Waals surface area (Å²) in [7, 11) is -0.954. The molecule has 2 aliphatic heterocycles. The summed E-state index contributed by atoms with van der Waals surface area (Å²) in [6.07, 6.45) is 5.53. The lowest BCUT2D eigenvalue weighted by molar-refractivity contribution is 0.158. The molecule has 8 heteroatoms. The smallest absolute Gasteiger partial charge is 0.339 e. The Labute approximate surface area is 207 Å². The van der Waals surface area contributed by atoms with E-state index in [4.69, 9.17) is 18.4 Å². The average Bonchev–Trinajstić information content (AvgIpc) is 2.86. The van der Waals surface area contributed by atoms with Gasteiger partial charge >= 0.3 is 10.1 Å². The second kappa shape index (κ2) is 10.2. The van der Waals surface area contributed by atoms with Gasteiger partial charge in [-0.1, -0.05) is 25.3 Å². The fraction of sp³-hybridized carbons (Fsp3) is 0.333. The maximum absolute atomic E-state index is 13.0. The van der Waals surface area contributed by atoms with Gasteiger partial charge in [0.2, 0.25) is 0 Å². The predicted octanol–water partition coefficient (Wildman–Crippen LogP) is 4.72. The van der Waals surface area contributed by atoms with Crippen molar-refractivity contribution in [3.8, 4) is 23.0 Å². The van der Waals surface area contributed by atoms with Gasteiger partial charge < -0.3 is 18.4 Å². The molecular formula is C27H31NO6S. The van der Waals surface area contributed by atoms with Crippen LogP contribution in [0.5, 0.6) is 23.0 Å². The highest BCUT2D eigenvalue weighted by molar-refractivity contribution is 7.91. The van der Waals surface area contributed by atoms with E-state index in [2.05, 4.69) is 30.2 Å². The van der Waals surface area contributed by atoms with Crippen molar-refractivity contribution in [2.45, 2.75) is 32.4 Å². The van der Waals surface area contributed by atoms with E-state index in [0.29, 0.717) is 25.3 Å². The Bertz CT molecular complexity index is 1280. The van der Waals surface area contributed by atoms with Crippen LogP contribution in [0.4, 0.5) is 0 Å². The molecule has 0 N–H and O–H groups in total. The second-order valence-electron chi connectivity index (χ2n) is 8.36. The van der Waals surface area contributed by atoms with Crippen LogP contribution < -0.4 is 18.4 Å². The highest BCUT2D eigenvalue weighted by Gasteiger charge is 2.36. The molecule has 2 aromatic carbocycles. The molecule has 2 heterocycles. The molecule has 0 fully saturated rings. The van der Waals surface area contributed by atoms with Crippen molar-refractivity contribution in [3.63, 3.8) is 0 Å². The Hall–Kier alpha value is -3.23. The molecule has 0 aliphatic carbocycles. The largest absolute Gasteiger partial charge is 0.493 e. The number of methoxy groups -OCH3 is 2. The molecule has 1 atom stereocenters. The SMILES string of the molecule is C=C/C=C(\C=C)S(=O)(=O)Oc1c(OC)ccc2c1CN1CCc3cc(OC)c(OCC)cc3C1C2. The van der Waals surface area contributed by atoms with E-state index in [9.17, 15) is 8.42 Å². The monoisotopic (exact) mass is 497 g/mol. The first-order valence-electron chi connectivity index (χ1n) is 11.5. The summed E-state index contributed by atoms with van der Waals surface area (Å²) in [5.41, 5.74) is 4.28. The number of fused-ring (bicyclic) bond motifs is 4. The minimum absolute atomic E-state index is 0.0647. The number of hydrogen-bond donors (Lipinski definition) is 0. The predicted molar refractivity (Wildman–Crippen MR) is 136 cm³/mol. The molecule has 0 aromatic heterocycles. The maximum atomic E-state index is 13.0. The zero-order valence-corrected chi connectivity index (χ0v) is 21.2. The first kappa shape index (κ1) is 24.9. The van der Waals surface area contributed by atoms with Crippen molar-refractivity contribution < 1.29 is 26.8 Å². The normalized spacial score (nSPS) is 17.5. The minimum Gasteiger partial charge on any atom is -0.493 e. The zero-order chi connectivity index (χ0) is 25.2. The summed E-state index contributed by atoms with van der Waals surface area (Å²) in [4.78, 5) is 2.28. The molecule has 35 heavy (non-hydrogen) atoms. The van der Waals surface area contributed by atoms with Crippen LogP contribution in [0.1, 0.15) is 35.2 Å². The lowest BCUT2D eigenvalue weighted by Crippen LogP contribution is -2.39. The van der Waals surface area contributed by atoms with E-state index in [1.807, 2.05) is 13.0 Å².